The van der Waals surface area contributed by atoms with Crippen LogP contribution in [0.5, 0.6) is 0 Å². The van der Waals surface area contributed by atoms with Crippen LogP contribution in [0.25, 0.3) is 11.0 Å². The summed E-state index contributed by atoms with van der Waals surface area (Å²) in [7, 11) is 2.00. The lowest BCUT2D eigenvalue weighted by Crippen LogP contribution is -2.48. The average Bonchev–Trinajstić information content (AvgIpc) is 3.01. The fourth-order valence-corrected chi connectivity index (χ4v) is 4.29. The highest BCUT2D eigenvalue weighted by atomic mass is 16.5. The lowest BCUT2D eigenvalue weighted by atomic mass is 9.72. The first-order valence-corrected chi connectivity index (χ1v) is 9.85. The van der Waals surface area contributed by atoms with E-state index < -0.39 is 5.41 Å². The van der Waals surface area contributed by atoms with Gasteiger partial charge >= 0.3 is 0 Å². The molecule has 0 saturated carbocycles. The molecular weight excluding hydrogens is 350 g/mol. The second-order valence-electron chi connectivity index (χ2n) is 7.77. The number of amides is 1. The van der Waals surface area contributed by atoms with Gasteiger partial charge in [0, 0.05) is 20.3 Å². The maximum Gasteiger partial charge on any atom is 0.231 e. The number of rotatable bonds is 4. The van der Waals surface area contributed by atoms with Gasteiger partial charge in [-0.05, 0) is 55.5 Å². The summed E-state index contributed by atoms with van der Waals surface area (Å²) >= 11 is 0. The Labute approximate surface area is 165 Å². The van der Waals surface area contributed by atoms with E-state index in [4.69, 9.17) is 9.72 Å². The van der Waals surface area contributed by atoms with Crippen molar-refractivity contribution in [3.63, 3.8) is 0 Å². The predicted octanol–water partition coefficient (Wildman–Crippen LogP) is 3.55. The van der Waals surface area contributed by atoms with Gasteiger partial charge in [0.1, 0.15) is 5.82 Å². The Hall–Kier alpha value is -2.66. The van der Waals surface area contributed by atoms with E-state index in [0.29, 0.717) is 32.6 Å². The van der Waals surface area contributed by atoms with Crippen molar-refractivity contribution in [1.29, 1.82) is 0 Å². The van der Waals surface area contributed by atoms with E-state index in [0.717, 1.165) is 28.0 Å². The van der Waals surface area contributed by atoms with Crippen molar-refractivity contribution in [2.75, 3.05) is 13.2 Å². The maximum atomic E-state index is 13.4. The monoisotopic (exact) mass is 377 g/mol. The van der Waals surface area contributed by atoms with E-state index in [1.807, 2.05) is 19.2 Å². The largest absolute Gasteiger partial charge is 0.381 e. The van der Waals surface area contributed by atoms with Gasteiger partial charge in [-0.1, -0.05) is 30.3 Å². The molecule has 0 aliphatic carbocycles. The van der Waals surface area contributed by atoms with E-state index in [9.17, 15) is 4.79 Å². The second kappa shape index (κ2) is 7.40. The van der Waals surface area contributed by atoms with Crippen LogP contribution in [0.3, 0.4) is 0 Å². The summed E-state index contributed by atoms with van der Waals surface area (Å²) < 4.78 is 7.63. The lowest BCUT2D eigenvalue weighted by molar-refractivity contribution is -0.130. The highest BCUT2D eigenvalue weighted by Gasteiger charge is 2.42. The SMILES string of the molecule is Cc1ccc2c(c1)nc(CNC(=O)C1(c3ccccc3C)CCOCC1)n2C. The zero-order valence-corrected chi connectivity index (χ0v) is 16.8. The highest BCUT2D eigenvalue weighted by Crippen LogP contribution is 2.37. The summed E-state index contributed by atoms with van der Waals surface area (Å²) in [5.41, 5.74) is 4.95. The molecule has 5 heteroatoms. The Bertz CT molecular complexity index is 1020. The third-order valence-corrected chi connectivity index (χ3v) is 5.98. The molecule has 0 unspecified atom stereocenters. The van der Waals surface area contributed by atoms with Gasteiger partial charge in [-0.25, -0.2) is 4.98 Å². The van der Waals surface area contributed by atoms with Gasteiger partial charge < -0.3 is 14.6 Å². The Morgan fingerprint density at radius 1 is 1.18 bits per heavy atom. The quantitative estimate of drug-likeness (QED) is 0.756. The third kappa shape index (κ3) is 3.20. The van der Waals surface area contributed by atoms with E-state index in [1.165, 1.54) is 5.56 Å². The molecule has 28 heavy (non-hydrogen) atoms. The summed E-state index contributed by atoms with van der Waals surface area (Å²) in [6, 6.07) is 14.4. The van der Waals surface area contributed by atoms with Crippen LogP contribution in [0.4, 0.5) is 0 Å². The van der Waals surface area contributed by atoms with Crippen LogP contribution < -0.4 is 5.32 Å². The molecular formula is C23H27N3O2. The number of aryl methyl sites for hydroxylation is 3. The molecule has 2 heterocycles. The van der Waals surface area contributed by atoms with Crippen LogP contribution in [0.1, 0.15) is 35.4 Å². The molecule has 5 nitrogen and oxygen atoms in total. The van der Waals surface area contributed by atoms with Gasteiger partial charge in [-0.15, -0.1) is 0 Å². The zero-order valence-electron chi connectivity index (χ0n) is 16.8. The highest BCUT2D eigenvalue weighted by molar-refractivity contribution is 5.89. The Kier molecular flexibility index (Phi) is 4.94. The first kappa shape index (κ1) is 18.7. The van der Waals surface area contributed by atoms with E-state index in [-0.39, 0.29) is 5.91 Å². The first-order valence-electron chi connectivity index (χ1n) is 9.85. The van der Waals surface area contributed by atoms with Gasteiger partial charge in [-0.3, -0.25) is 4.79 Å². The molecule has 1 aromatic heterocycles. The first-order chi connectivity index (χ1) is 13.5. The lowest BCUT2D eigenvalue weighted by Gasteiger charge is -2.37. The Morgan fingerprint density at radius 3 is 2.68 bits per heavy atom. The van der Waals surface area contributed by atoms with Crippen LogP contribution in [0.2, 0.25) is 0 Å². The fraction of sp³-hybridized carbons (Fsp3) is 0.391. The van der Waals surface area contributed by atoms with Crippen LogP contribution in [0, 0.1) is 13.8 Å². The number of hydrogen-bond donors (Lipinski definition) is 1. The molecule has 0 radical (unpaired) electrons. The molecule has 1 N–H and O–H groups in total. The standard InChI is InChI=1S/C23H27N3O2/c1-16-8-9-20-19(14-16)25-21(26(20)3)15-24-22(27)23(10-12-28-13-11-23)18-7-5-4-6-17(18)2/h4-9,14H,10-13,15H2,1-3H3,(H,24,27). The van der Waals surface area contributed by atoms with Crippen molar-refractivity contribution in [2.24, 2.45) is 7.05 Å². The average molecular weight is 377 g/mol. The molecule has 146 valence electrons. The smallest absolute Gasteiger partial charge is 0.231 e. The van der Waals surface area contributed by atoms with Crippen LogP contribution in [-0.4, -0.2) is 28.7 Å². The van der Waals surface area contributed by atoms with Crippen molar-refractivity contribution in [3.8, 4) is 0 Å². The normalized spacial score (nSPS) is 16.2. The minimum absolute atomic E-state index is 0.0633. The van der Waals surface area contributed by atoms with E-state index >= 15 is 0 Å². The van der Waals surface area contributed by atoms with E-state index in [1.54, 1.807) is 0 Å². The predicted molar refractivity (Wildman–Crippen MR) is 110 cm³/mol. The van der Waals surface area contributed by atoms with Crippen molar-refractivity contribution >= 4 is 16.9 Å². The van der Waals surface area contributed by atoms with E-state index in [2.05, 4.69) is 54.1 Å². The summed E-state index contributed by atoms with van der Waals surface area (Å²) in [5.74, 6) is 0.925. The van der Waals surface area contributed by atoms with Gasteiger partial charge in [0.15, 0.2) is 0 Å². The van der Waals surface area contributed by atoms with Crippen molar-refractivity contribution in [1.82, 2.24) is 14.9 Å². The molecule has 3 aromatic rings. The molecule has 0 atom stereocenters. The van der Waals surface area contributed by atoms with Crippen LogP contribution >= 0.6 is 0 Å². The molecule has 0 bridgehead atoms. The number of hydrogen-bond acceptors (Lipinski definition) is 3. The zero-order chi connectivity index (χ0) is 19.7. The topological polar surface area (TPSA) is 56.1 Å². The van der Waals surface area contributed by atoms with Crippen molar-refractivity contribution in [3.05, 3.63) is 65.0 Å². The minimum atomic E-state index is -0.537. The van der Waals surface area contributed by atoms with Gasteiger partial charge in [0.05, 0.1) is 23.0 Å². The Morgan fingerprint density at radius 2 is 1.93 bits per heavy atom. The van der Waals surface area contributed by atoms with Crippen molar-refractivity contribution < 1.29 is 9.53 Å². The Balaban J connectivity index is 1.61. The van der Waals surface area contributed by atoms with Gasteiger partial charge in [0.25, 0.3) is 0 Å². The third-order valence-electron chi connectivity index (χ3n) is 5.98. The maximum absolute atomic E-state index is 13.4. The molecule has 1 fully saturated rings. The van der Waals surface area contributed by atoms with Gasteiger partial charge in [-0.2, -0.15) is 0 Å². The van der Waals surface area contributed by atoms with Gasteiger partial charge in [0.2, 0.25) is 5.91 Å². The summed E-state index contributed by atoms with van der Waals surface area (Å²) in [6.07, 6.45) is 1.40. The number of nitrogens with zero attached hydrogens (tertiary/aromatic N) is 2. The number of fused-ring (bicyclic) bond motifs is 1. The summed E-state index contributed by atoms with van der Waals surface area (Å²) in [5, 5.41) is 3.17. The summed E-state index contributed by atoms with van der Waals surface area (Å²) in [6.45, 7) is 5.76. The number of imidazole rings is 1. The molecule has 0 spiro atoms. The molecule has 1 saturated heterocycles. The fourth-order valence-electron chi connectivity index (χ4n) is 4.29. The van der Waals surface area contributed by atoms with Crippen LogP contribution in [-0.2, 0) is 28.5 Å². The second-order valence-corrected chi connectivity index (χ2v) is 7.77. The number of benzene rings is 2. The number of aromatic nitrogens is 2. The van der Waals surface area contributed by atoms with Crippen molar-refractivity contribution in [2.45, 2.75) is 38.6 Å². The number of carbonyl (C=O) groups is 1. The molecule has 1 amide bonds. The minimum Gasteiger partial charge on any atom is -0.381 e. The molecule has 2 aromatic carbocycles. The number of carbonyl (C=O) groups excluding carboxylic acids is 1. The number of ether oxygens (including phenoxy) is 1. The molecule has 1 aliphatic heterocycles. The summed E-state index contributed by atoms with van der Waals surface area (Å²) in [4.78, 5) is 18.1. The molecule has 4 rings (SSSR count). The molecule has 1 aliphatic rings. The van der Waals surface area contributed by atoms with Crippen LogP contribution in [0.15, 0.2) is 42.5 Å². The number of nitrogens with one attached hydrogen (secondary N) is 1.